The van der Waals surface area contributed by atoms with E-state index in [2.05, 4.69) is 23.7 Å². The van der Waals surface area contributed by atoms with E-state index in [4.69, 9.17) is 4.74 Å². The average molecular weight is 402 g/mol. The van der Waals surface area contributed by atoms with Gasteiger partial charge in [0.1, 0.15) is 11.6 Å². The molecule has 5 rings (SSSR count). The highest BCUT2D eigenvalue weighted by atomic mass is 19.1. The zero-order valence-electron chi connectivity index (χ0n) is 17.1. The van der Waals surface area contributed by atoms with Gasteiger partial charge in [-0.1, -0.05) is 6.07 Å². The third kappa shape index (κ3) is 2.93. The normalized spacial score (nSPS) is 13.4. The Bertz CT molecular complexity index is 1330. The number of rotatable bonds is 3. The largest absolute Gasteiger partial charge is 0.497 e. The fourth-order valence-corrected chi connectivity index (χ4v) is 4.61. The summed E-state index contributed by atoms with van der Waals surface area (Å²) in [5.74, 6) is 0.0328. The van der Waals surface area contributed by atoms with Crippen LogP contribution in [-0.2, 0) is 19.9 Å². The second-order valence-electron chi connectivity index (χ2n) is 7.86. The van der Waals surface area contributed by atoms with Gasteiger partial charge in [0.15, 0.2) is 0 Å². The van der Waals surface area contributed by atoms with Crippen LogP contribution in [0.5, 0.6) is 5.75 Å². The van der Waals surface area contributed by atoms with Crippen molar-refractivity contribution in [2.24, 2.45) is 7.05 Å². The molecule has 0 saturated heterocycles. The zero-order valence-corrected chi connectivity index (χ0v) is 17.1. The fourth-order valence-electron chi connectivity index (χ4n) is 4.61. The van der Waals surface area contributed by atoms with Crippen molar-refractivity contribution in [1.82, 2.24) is 9.13 Å². The highest BCUT2D eigenvalue weighted by Gasteiger charge is 2.18. The summed E-state index contributed by atoms with van der Waals surface area (Å²) < 4.78 is 23.3. The highest BCUT2D eigenvalue weighted by Crippen LogP contribution is 2.32. The van der Waals surface area contributed by atoms with Gasteiger partial charge < -0.3 is 9.30 Å². The number of ether oxygens (including phenoxy) is 1. The van der Waals surface area contributed by atoms with E-state index in [0.717, 1.165) is 24.0 Å². The number of benzene rings is 2. The first-order valence-electron chi connectivity index (χ1n) is 10.2. The van der Waals surface area contributed by atoms with Gasteiger partial charge in [-0.15, -0.1) is 0 Å². The minimum absolute atomic E-state index is 0.193. The fraction of sp³-hybridized carbons (Fsp3) is 0.240. The van der Waals surface area contributed by atoms with Gasteiger partial charge in [0.25, 0.3) is 5.56 Å². The van der Waals surface area contributed by atoms with Crippen molar-refractivity contribution >= 4 is 10.9 Å². The van der Waals surface area contributed by atoms with Crippen molar-refractivity contribution in [3.8, 4) is 22.6 Å². The van der Waals surface area contributed by atoms with Crippen LogP contribution in [0.4, 0.5) is 4.39 Å². The number of aryl methyl sites for hydroxylation is 2. The molecule has 0 spiro atoms. The summed E-state index contributed by atoms with van der Waals surface area (Å²) in [4.78, 5) is 12.9. The molecule has 4 aromatic rings. The molecule has 1 aliphatic carbocycles. The van der Waals surface area contributed by atoms with Gasteiger partial charge in [-0.2, -0.15) is 0 Å². The molecule has 0 aliphatic heterocycles. The van der Waals surface area contributed by atoms with Gasteiger partial charge in [0.2, 0.25) is 0 Å². The van der Waals surface area contributed by atoms with Gasteiger partial charge in [-0.05, 0) is 67.1 Å². The Balaban J connectivity index is 1.57. The Morgan fingerprint density at radius 2 is 1.83 bits per heavy atom. The summed E-state index contributed by atoms with van der Waals surface area (Å²) in [7, 11) is 3.60. The Labute approximate surface area is 174 Å². The Hall–Kier alpha value is -3.34. The Morgan fingerprint density at radius 3 is 2.60 bits per heavy atom. The second-order valence-corrected chi connectivity index (χ2v) is 7.86. The molecule has 0 saturated carbocycles. The number of hydrogen-bond acceptors (Lipinski definition) is 2. The molecule has 5 heteroatoms. The van der Waals surface area contributed by atoms with E-state index in [9.17, 15) is 9.18 Å². The molecule has 0 atom stereocenters. The first kappa shape index (κ1) is 18.7. The first-order chi connectivity index (χ1) is 14.6. The van der Waals surface area contributed by atoms with E-state index < -0.39 is 5.82 Å². The first-order valence-corrected chi connectivity index (χ1v) is 10.2. The molecule has 152 valence electrons. The Morgan fingerprint density at radius 1 is 1.00 bits per heavy atom. The standard InChI is InChI=1S/C25H23FN2O2/c1-27-23-6-4-3-5-20(23)21-9-7-17(14-24(21)27)28-12-11-16(13-25(28)29)19-10-8-18(30-2)15-22(19)26/h7-15H,3-6H2,1-2H3. The molecule has 2 aromatic heterocycles. The minimum Gasteiger partial charge on any atom is -0.497 e. The number of pyridine rings is 1. The Kier molecular flexibility index (Phi) is 4.46. The molecular formula is C25H23FN2O2. The van der Waals surface area contributed by atoms with Crippen molar-refractivity contribution in [2.45, 2.75) is 25.7 Å². The molecule has 0 radical (unpaired) electrons. The zero-order chi connectivity index (χ0) is 20.8. The second kappa shape index (κ2) is 7.17. The average Bonchev–Trinajstić information content (AvgIpc) is 3.05. The van der Waals surface area contributed by atoms with Crippen LogP contribution in [0.15, 0.2) is 59.5 Å². The van der Waals surface area contributed by atoms with Crippen LogP contribution >= 0.6 is 0 Å². The summed E-state index contributed by atoms with van der Waals surface area (Å²) in [6.07, 6.45) is 6.40. The predicted molar refractivity (Wildman–Crippen MR) is 117 cm³/mol. The molecule has 0 N–H and O–H groups in total. The van der Waals surface area contributed by atoms with Crippen LogP contribution in [0.3, 0.4) is 0 Å². The number of nitrogens with zero attached hydrogens (tertiary/aromatic N) is 2. The van der Waals surface area contributed by atoms with Crippen molar-refractivity contribution < 1.29 is 9.13 Å². The summed E-state index contributed by atoms with van der Waals surface area (Å²) in [6.45, 7) is 0. The molecule has 4 nitrogen and oxygen atoms in total. The molecule has 0 bridgehead atoms. The lowest BCUT2D eigenvalue weighted by Gasteiger charge is -2.12. The van der Waals surface area contributed by atoms with Crippen molar-refractivity contribution in [3.05, 3.63) is 82.2 Å². The number of fused-ring (bicyclic) bond motifs is 3. The van der Waals surface area contributed by atoms with Crippen LogP contribution in [0.2, 0.25) is 0 Å². The van der Waals surface area contributed by atoms with E-state index in [0.29, 0.717) is 16.9 Å². The molecule has 2 heterocycles. The molecule has 0 unspecified atom stereocenters. The number of hydrogen-bond donors (Lipinski definition) is 0. The van der Waals surface area contributed by atoms with Crippen LogP contribution < -0.4 is 10.3 Å². The van der Waals surface area contributed by atoms with E-state index in [1.54, 1.807) is 29.0 Å². The molecule has 30 heavy (non-hydrogen) atoms. The molecule has 2 aromatic carbocycles. The van der Waals surface area contributed by atoms with Gasteiger partial charge in [0.05, 0.1) is 18.3 Å². The van der Waals surface area contributed by atoms with Crippen molar-refractivity contribution in [1.29, 1.82) is 0 Å². The molecule has 0 fully saturated rings. The maximum atomic E-state index is 14.4. The van der Waals surface area contributed by atoms with Gasteiger partial charge in [-0.25, -0.2) is 4.39 Å². The number of aromatic nitrogens is 2. The van der Waals surface area contributed by atoms with Gasteiger partial charge in [-0.3, -0.25) is 9.36 Å². The number of halogens is 1. The maximum absolute atomic E-state index is 14.4. The number of methoxy groups -OCH3 is 1. The lowest BCUT2D eigenvalue weighted by molar-refractivity contribution is 0.411. The lowest BCUT2D eigenvalue weighted by atomic mass is 9.95. The lowest BCUT2D eigenvalue weighted by Crippen LogP contribution is -2.16. The molecule has 0 amide bonds. The third-order valence-corrected chi connectivity index (χ3v) is 6.20. The van der Waals surface area contributed by atoms with Crippen LogP contribution in [-0.4, -0.2) is 16.2 Å². The summed E-state index contributed by atoms with van der Waals surface area (Å²) in [6, 6.07) is 14.1. The van der Waals surface area contributed by atoms with E-state index in [-0.39, 0.29) is 5.56 Å². The van der Waals surface area contributed by atoms with Gasteiger partial charge in [0, 0.05) is 42.0 Å². The summed E-state index contributed by atoms with van der Waals surface area (Å²) >= 11 is 0. The quantitative estimate of drug-likeness (QED) is 0.482. The van der Waals surface area contributed by atoms with Crippen LogP contribution in [0, 0.1) is 5.82 Å². The highest BCUT2D eigenvalue weighted by molar-refractivity contribution is 5.87. The minimum atomic E-state index is -0.415. The predicted octanol–water partition coefficient (Wildman–Crippen LogP) is 5.02. The van der Waals surface area contributed by atoms with Crippen LogP contribution in [0.25, 0.3) is 27.7 Å². The SMILES string of the molecule is COc1ccc(-c2ccn(-c3ccc4c5c(n(C)c4c3)CCCC5)c(=O)c2)c(F)c1. The van der Waals surface area contributed by atoms with E-state index in [1.807, 2.05) is 6.07 Å². The smallest absolute Gasteiger partial charge is 0.255 e. The van der Waals surface area contributed by atoms with Crippen molar-refractivity contribution in [2.75, 3.05) is 7.11 Å². The van der Waals surface area contributed by atoms with Crippen molar-refractivity contribution in [3.63, 3.8) is 0 Å². The van der Waals surface area contributed by atoms with Crippen LogP contribution in [0.1, 0.15) is 24.1 Å². The molecule has 1 aliphatic rings. The van der Waals surface area contributed by atoms with Gasteiger partial charge >= 0.3 is 0 Å². The topological polar surface area (TPSA) is 36.2 Å². The third-order valence-electron chi connectivity index (χ3n) is 6.20. The maximum Gasteiger partial charge on any atom is 0.255 e. The molecular weight excluding hydrogens is 379 g/mol. The summed E-state index contributed by atoms with van der Waals surface area (Å²) in [5.41, 5.74) is 5.55. The van der Waals surface area contributed by atoms with E-state index >= 15 is 0 Å². The monoisotopic (exact) mass is 402 g/mol. The van der Waals surface area contributed by atoms with E-state index in [1.165, 1.54) is 48.7 Å². The summed E-state index contributed by atoms with van der Waals surface area (Å²) in [5, 5.41) is 1.28.